The standard InChI is InChI=1S/C30H27N3O9/c1-38-23-16-18(14-15-22(23)42-17-24(34)31-21-13-9-8-12-20(21)28(35)39-2)26-25(29(36)40-3)27(30(37)41-4)33(32-26)19-10-6-5-7-11-19/h5-16H,17H2,1-4H3,(H,31,34). The second-order valence-electron chi connectivity index (χ2n) is 8.54. The highest BCUT2D eigenvalue weighted by Gasteiger charge is 2.31. The van der Waals surface area contributed by atoms with Crippen molar-refractivity contribution in [3.63, 3.8) is 0 Å². The van der Waals surface area contributed by atoms with E-state index in [1.807, 2.05) is 0 Å². The van der Waals surface area contributed by atoms with E-state index >= 15 is 0 Å². The summed E-state index contributed by atoms with van der Waals surface area (Å²) in [5, 5.41) is 7.19. The first kappa shape index (κ1) is 29.3. The fraction of sp³-hybridized carbons (Fsp3) is 0.167. The van der Waals surface area contributed by atoms with E-state index in [0.29, 0.717) is 11.3 Å². The van der Waals surface area contributed by atoms with Crippen LogP contribution in [0.25, 0.3) is 16.9 Å². The smallest absolute Gasteiger partial charge is 0.357 e. The van der Waals surface area contributed by atoms with Crippen LogP contribution in [-0.4, -0.2) is 68.6 Å². The fourth-order valence-electron chi connectivity index (χ4n) is 4.10. The molecule has 0 aliphatic rings. The molecular formula is C30H27N3O9. The molecular weight excluding hydrogens is 546 g/mol. The lowest BCUT2D eigenvalue weighted by molar-refractivity contribution is -0.118. The number of methoxy groups -OCH3 is 4. The molecule has 12 heteroatoms. The number of anilines is 1. The zero-order valence-electron chi connectivity index (χ0n) is 23.2. The molecule has 0 aliphatic heterocycles. The highest BCUT2D eigenvalue weighted by molar-refractivity contribution is 6.07. The summed E-state index contributed by atoms with van der Waals surface area (Å²) >= 11 is 0. The van der Waals surface area contributed by atoms with Gasteiger partial charge in [-0.3, -0.25) is 4.79 Å². The summed E-state index contributed by atoms with van der Waals surface area (Å²) in [5.41, 5.74) is 1.29. The highest BCUT2D eigenvalue weighted by atomic mass is 16.5. The van der Waals surface area contributed by atoms with Crippen LogP contribution >= 0.6 is 0 Å². The largest absolute Gasteiger partial charge is 0.493 e. The summed E-state index contributed by atoms with van der Waals surface area (Å²) in [5.74, 6) is -2.27. The molecule has 1 N–H and O–H groups in total. The first-order chi connectivity index (χ1) is 20.3. The number of nitrogens with one attached hydrogen (secondary N) is 1. The van der Waals surface area contributed by atoms with E-state index in [1.165, 1.54) is 45.3 Å². The SMILES string of the molecule is COC(=O)c1ccccc1NC(=O)COc1ccc(-c2nn(-c3ccccc3)c(C(=O)OC)c2C(=O)OC)cc1OC. The zero-order valence-corrected chi connectivity index (χ0v) is 23.2. The van der Waals surface area contributed by atoms with E-state index in [9.17, 15) is 19.2 Å². The average Bonchev–Trinajstić information content (AvgIpc) is 3.44. The topological polar surface area (TPSA) is 144 Å². The van der Waals surface area contributed by atoms with Crippen molar-refractivity contribution in [2.45, 2.75) is 0 Å². The van der Waals surface area contributed by atoms with E-state index < -0.39 is 30.4 Å². The molecule has 42 heavy (non-hydrogen) atoms. The number of amides is 1. The molecule has 0 saturated carbocycles. The maximum atomic E-state index is 12.9. The van der Waals surface area contributed by atoms with Crippen molar-refractivity contribution in [1.29, 1.82) is 0 Å². The minimum Gasteiger partial charge on any atom is -0.493 e. The van der Waals surface area contributed by atoms with Crippen molar-refractivity contribution in [2.75, 3.05) is 40.4 Å². The minimum atomic E-state index is -0.796. The van der Waals surface area contributed by atoms with E-state index in [2.05, 4.69) is 10.4 Å². The van der Waals surface area contributed by atoms with Crippen LogP contribution in [0.3, 0.4) is 0 Å². The van der Waals surface area contributed by atoms with E-state index in [-0.39, 0.29) is 39.7 Å². The number of ether oxygens (including phenoxy) is 5. The lowest BCUT2D eigenvalue weighted by atomic mass is 10.0. The molecule has 0 bridgehead atoms. The van der Waals surface area contributed by atoms with Gasteiger partial charge >= 0.3 is 17.9 Å². The quantitative estimate of drug-likeness (QED) is 0.219. The average molecular weight is 574 g/mol. The number of benzene rings is 3. The first-order valence-electron chi connectivity index (χ1n) is 12.5. The number of aromatic nitrogens is 2. The van der Waals surface area contributed by atoms with E-state index in [1.54, 1.807) is 60.7 Å². The molecule has 0 aliphatic carbocycles. The zero-order chi connectivity index (χ0) is 30.2. The van der Waals surface area contributed by atoms with Crippen molar-refractivity contribution in [1.82, 2.24) is 9.78 Å². The number of esters is 3. The summed E-state index contributed by atoms with van der Waals surface area (Å²) in [6.45, 7) is -0.409. The monoisotopic (exact) mass is 573 g/mol. The Balaban J connectivity index is 1.66. The Labute approximate surface area is 240 Å². The molecule has 0 fully saturated rings. The molecule has 0 saturated heterocycles. The van der Waals surface area contributed by atoms with Gasteiger partial charge in [0.05, 0.1) is 45.4 Å². The third-order valence-corrected chi connectivity index (χ3v) is 6.06. The molecule has 4 rings (SSSR count). The third-order valence-electron chi connectivity index (χ3n) is 6.06. The molecule has 216 valence electrons. The lowest BCUT2D eigenvalue weighted by Crippen LogP contribution is -2.22. The number of carbonyl (C=O) groups is 4. The van der Waals surface area contributed by atoms with Crippen LogP contribution in [0.2, 0.25) is 0 Å². The van der Waals surface area contributed by atoms with Crippen LogP contribution in [0.15, 0.2) is 72.8 Å². The summed E-state index contributed by atoms with van der Waals surface area (Å²) in [6, 6.07) is 19.8. The summed E-state index contributed by atoms with van der Waals surface area (Å²) < 4.78 is 27.2. The van der Waals surface area contributed by atoms with Crippen LogP contribution in [0.5, 0.6) is 11.5 Å². The molecule has 1 heterocycles. The van der Waals surface area contributed by atoms with Gasteiger partial charge in [-0.2, -0.15) is 5.10 Å². The van der Waals surface area contributed by atoms with Crippen molar-refractivity contribution >= 4 is 29.5 Å². The van der Waals surface area contributed by atoms with Crippen LogP contribution < -0.4 is 14.8 Å². The van der Waals surface area contributed by atoms with Gasteiger partial charge in [0.25, 0.3) is 5.91 Å². The summed E-state index contributed by atoms with van der Waals surface area (Å²) in [4.78, 5) is 50.4. The van der Waals surface area contributed by atoms with E-state index in [4.69, 9.17) is 23.7 Å². The highest BCUT2D eigenvalue weighted by Crippen LogP contribution is 2.35. The Hall–Kier alpha value is -5.65. The maximum absolute atomic E-state index is 12.9. The van der Waals surface area contributed by atoms with Crippen LogP contribution in [-0.2, 0) is 19.0 Å². The van der Waals surface area contributed by atoms with Gasteiger partial charge in [-0.15, -0.1) is 0 Å². The Kier molecular flexibility index (Phi) is 9.17. The lowest BCUT2D eigenvalue weighted by Gasteiger charge is -2.13. The van der Waals surface area contributed by atoms with Crippen molar-refractivity contribution < 1.29 is 42.9 Å². The predicted octanol–water partition coefficient (Wildman–Crippen LogP) is 3.93. The van der Waals surface area contributed by atoms with Gasteiger partial charge in [-0.25, -0.2) is 19.1 Å². The van der Waals surface area contributed by atoms with Gasteiger partial charge in [0.2, 0.25) is 0 Å². The number of hydrogen-bond acceptors (Lipinski definition) is 10. The van der Waals surface area contributed by atoms with Gasteiger partial charge in [0, 0.05) is 5.56 Å². The maximum Gasteiger partial charge on any atom is 0.357 e. The van der Waals surface area contributed by atoms with Crippen molar-refractivity contribution in [2.24, 2.45) is 0 Å². The van der Waals surface area contributed by atoms with Gasteiger partial charge in [-0.1, -0.05) is 30.3 Å². The van der Waals surface area contributed by atoms with Crippen molar-refractivity contribution in [3.8, 4) is 28.4 Å². The van der Waals surface area contributed by atoms with Crippen LogP contribution in [0.1, 0.15) is 31.2 Å². The van der Waals surface area contributed by atoms with Gasteiger partial charge in [0.15, 0.2) is 23.8 Å². The van der Waals surface area contributed by atoms with Crippen LogP contribution in [0.4, 0.5) is 5.69 Å². The molecule has 12 nitrogen and oxygen atoms in total. The minimum absolute atomic E-state index is 0.104. The third kappa shape index (κ3) is 6.07. The summed E-state index contributed by atoms with van der Waals surface area (Å²) in [7, 11) is 5.04. The molecule has 0 atom stereocenters. The molecule has 0 radical (unpaired) electrons. The second kappa shape index (κ2) is 13.1. The second-order valence-corrected chi connectivity index (χ2v) is 8.54. The first-order valence-corrected chi connectivity index (χ1v) is 12.5. The Morgan fingerprint density at radius 2 is 1.43 bits per heavy atom. The Morgan fingerprint density at radius 3 is 2.10 bits per heavy atom. The number of rotatable bonds is 10. The molecule has 0 unspecified atom stereocenters. The number of para-hydroxylation sites is 2. The van der Waals surface area contributed by atoms with Crippen molar-refractivity contribution in [3.05, 3.63) is 89.6 Å². The molecule has 0 spiro atoms. The predicted molar refractivity (Wildman–Crippen MR) is 150 cm³/mol. The fourth-order valence-corrected chi connectivity index (χ4v) is 4.10. The van der Waals surface area contributed by atoms with Crippen LogP contribution in [0, 0.1) is 0 Å². The number of hydrogen-bond donors (Lipinski definition) is 1. The normalized spacial score (nSPS) is 10.4. The molecule has 1 amide bonds. The van der Waals surface area contributed by atoms with E-state index in [0.717, 1.165) is 0 Å². The number of carbonyl (C=O) groups excluding carboxylic acids is 4. The van der Waals surface area contributed by atoms with Gasteiger partial charge in [-0.05, 0) is 42.5 Å². The summed E-state index contributed by atoms with van der Waals surface area (Å²) in [6.07, 6.45) is 0. The Bertz CT molecular complexity index is 1630. The molecule has 1 aromatic heterocycles. The number of nitrogens with zero attached hydrogens (tertiary/aromatic N) is 2. The Morgan fingerprint density at radius 1 is 0.762 bits per heavy atom. The van der Waals surface area contributed by atoms with Gasteiger partial charge < -0.3 is 29.0 Å². The van der Waals surface area contributed by atoms with Gasteiger partial charge in [0.1, 0.15) is 11.3 Å². The molecule has 4 aromatic rings. The molecule has 3 aromatic carbocycles.